The number of hydrogen-bond donors (Lipinski definition) is 2. The van der Waals surface area contributed by atoms with Gasteiger partial charge in [-0.25, -0.2) is 25.3 Å². The number of hydrogen-bond acceptors (Lipinski definition) is 7. The summed E-state index contributed by atoms with van der Waals surface area (Å²) >= 11 is 6.48. The number of nitrogens with zero attached hydrogens (tertiary/aromatic N) is 3. The highest BCUT2D eigenvalue weighted by Gasteiger charge is 2.16. The van der Waals surface area contributed by atoms with Gasteiger partial charge < -0.3 is 9.94 Å². The van der Waals surface area contributed by atoms with Gasteiger partial charge in [0, 0.05) is 24.9 Å². The van der Waals surface area contributed by atoms with Crippen molar-refractivity contribution in [2.24, 2.45) is 0 Å². The smallest absolute Gasteiger partial charge is 0.336 e. The average molecular weight is 645 g/mol. The monoisotopic (exact) mass is 642 g/mol. The normalized spacial score (nSPS) is 9.83. The van der Waals surface area contributed by atoms with Crippen LogP contribution in [0.25, 0.3) is 21.8 Å². The first-order valence-corrected chi connectivity index (χ1v) is 11.7. The van der Waals surface area contributed by atoms with Crippen LogP contribution in [0.1, 0.15) is 20.7 Å². The molecule has 192 valence electrons. The number of halogens is 3. The number of amides is 1. The molecular formula is C24H25Br2ClN4O5. The number of benzene rings is 2. The number of fused-ring (bicyclic) bond motifs is 2. The average Bonchev–Trinajstić information content (AvgIpc) is 2.87. The second-order valence-corrected chi connectivity index (χ2v) is 8.34. The van der Waals surface area contributed by atoms with E-state index in [4.69, 9.17) is 9.94 Å². The first-order valence-electron chi connectivity index (χ1n) is 10.1. The summed E-state index contributed by atoms with van der Waals surface area (Å²) in [6.45, 7) is 0. The van der Waals surface area contributed by atoms with E-state index < -0.39 is 5.97 Å². The third-order valence-corrected chi connectivity index (χ3v) is 5.41. The maximum absolute atomic E-state index is 12.1. The summed E-state index contributed by atoms with van der Waals surface area (Å²) in [6.07, 6.45) is 0. The highest BCUT2D eigenvalue weighted by atomic mass is 79.9. The van der Waals surface area contributed by atoms with Gasteiger partial charge in [-0.05, 0) is 56.1 Å². The van der Waals surface area contributed by atoms with E-state index in [0.717, 1.165) is 10.9 Å². The fourth-order valence-electron chi connectivity index (χ4n) is 2.89. The molecule has 9 nitrogen and oxygen atoms in total. The summed E-state index contributed by atoms with van der Waals surface area (Å²) in [7, 11) is 6.31. The fraction of sp³-hybridized carbons (Fsp3) is 0.167. The maximum Gasteiger partial charge on any atom is 0.336 e. The van der Waals surface area contributed by atoms with Gasteiger partial charge in [0.1, 0.15) is 9.21 Å². The molecule has 0 fully saturated rings. The SMILES string of the molecule is CNOC.CON(C)C(=O)c1cc(Br)nc2ccccc12.Cl.O=C(O)c1cc(Br)nc2ccccc12. The van der Waals surface area contributed by atoms with Crippen LogP contribution in [0.15, 0.2) is 69.9 Å². The Hall–Kier alpha value is -2.67. The van der Waals surface area contributed by atoms with Crippen molar-refractivity contribution in [3.05, 3.63) is 81.0 Å². The highest BCUT2D eigenvalue weighted by Crippen LogP contribution is 2.22. The number of pyridine rings is 2. The van der Waals surface area contributed by atoms with Gasteiger partial charge in [0.05, 0.1) is 36.4 Å². The van der Waals surface area contributed by atoms with E-state index in [-0.39, 0.29) is 23.9 Å². The Labute approximate surface area is 231 Å². The van der Waals surface area contributed by atoms with Gasteiger partial charge in [-0.2, -0.15) is 0 Å². The zero-order chi connectivity index (χ0) is 26.0. The molecule has 0 radical (unpaired) electrons. The first-order chi connectivity index (χ1) is 16.7. The van der Waals surface area contributed by atoms with Crippen molar-refractivity contribution >= 4 is 77.9 Å². The summed E-state index contributed by atoms with van der Waals surface area (Å²) in [6, 6.07) is 17.8. The van der Waals surface area contributed by atoms with Gasteiger partial charge in [0.15, 0.2) is 0 Å². The lowest BCUT2D eigenvalue weighted by Gasteiger charge is -2.15. The van der Waals surface area contributed by atoms with E-state index in [1.54, 1.807) is 45.5 Å². The quantitative estimate of drug-likeness (QED) is 0.221. The van der Waals surface area contributed by atoms with Crippen molar-refractivity contribution in [3.8, 4) is 0 Å². The summed E-state index contributed by atoms with van der Waals surface area (Å²) in [5.41, 5.74) is 4.71. The molecule has 0 unspecified atom stereocenters. The lowest BCUT2D eigenvalue weighted by Crippen LogP contribution is -2.25. The van der Waals surface area contributed by atoms with Crippen LogP contribution in [-0.4, -0.2) is 60.3 Å². The predicted octanol–water partition coefficient (Wildman–Crippen LogP) is 5.52. The molecule has 2 aromatic carbocycles. The number of carboxylic acids is 1. The predicted molar refractivity (Wildman–Crippen MR) is 148 cm³/mol. The first kappa shape index (κ1) is 31.4. The van der Waals surface area contributed by atoms with Crippen molar-refractivity contribution in [1.82, 2.24) is 20.5 Å². The van der Waals surface area contributed by atoms with Crippen LogP contribution in [0, 0.1) is 0 Å². The Bertz CT molecular complexity index is 1320. The molecule has 1 amide bonds. The van der Waals surface area contributed by atoms with Crippen LogP contribution < -0.4 is 5.48 Å². The number of aromatic nitrogens is 2. The maximum atomic E-state index is 12.1. The Morgan fingerprint density at radius 2 is 1.31 bits per heavy atom. The minimum Gasteiger partial charge on any atom is -0.478 e. The van der Waals surface area contributed by atoms with Crippen LogP contribution in [0.4, 0.5) is 0 Å². The molecule has 0 atom stereocenters. The van der Waals surface area contributed by atoms with Crippen LogP contribution >= 0.6 is 44.3 Å². The van der Waals surface area contributed by atoms with Gasteiger partial charge in [-0.15, -0.1) is 12.4 Å². The molecule has 0 aliphatic carbocycles. The molecule has 0 bridgehead atoms. The van der Waals surface area contributed by atoms with Crippen LogP contribution in [0.2, 0.25) is 0 Å². The van der Waals surface area contributed by atoms with Gasteiger partial charge in [-0.1, -0.05) is 36.4 Å². The fourth-order valence-corrected chi connectivity index (χ4v) is 3.73. The number of para-hydroxylation sites is 2. The number of carbonyl (C=O) groups excluding carboxylic acids is 1. The minimum atomic E-state index is -0.940. The molecule has 0 saturated heterocycles. The second-order valence-electron chi connectivity index (χ2n) is 6.72. The van der Waals surface area contributed by atoms with Crippen molar-refractivity contribution < 1.29 is 24.4 Å². The molecule has 2 aromatic heterocycles. The number of carboxylic acid groups (broad SMARTS) is 1. The number of carbonyl (C=O) groups is 2. The van der Waals surface area contributed by atoms with Crippen LogP contribution in [0.3, 0.4) is 0 Å². The number of hydroxylamine groups is 3. The van der Waals surface area contributed by atoms with Crippen molar-refractivity contribution in [2.45, 2.75) is 0 Å². The van der Waals surface area contributed by atoms with Gasteiger partial charge >= 0.3 is 5.97 Å². The van der Waals surface area contributed by atoms with Crippen molar-refractivity contribution in [2.75, 3.05) is 28.3 Å². The molecule has 2 heterocycles. The zero-order valence-corrected chi connectivity index (χ0v) is 23.8. The molecule has 12 heteroatoms. The zero-order valence-electron chi connectivity index (χ0n) is 19.9. The van der Waals surface area contributed by atoms with E-state index >= 15 is 0 Å². The summed E-state index contributed by atoms with van der Waals surface area (Å²) in [5, 5.41) is 11.6. The minimum absolute atomic E-state index is 0. The molecule has 0 spiro atoms. The molecule has 4 aromatic rings. The van der Waals surface area contributed by atoms with E-state index in [1.807, 2.05) is 30.3 Å². The van der Waals surface area contributed by atoms with Crippen molar-refractivity contribution in [1.29, 1.82) is 0 Å². The lowest BCUT2D eigenvalue weighted by atomic mass is 10.1. The molecule has 0 aliphatic rings. The molecule has 36 heavy (non-hydrogen) atoms. The van der Waals surface area contributed by atoms with E-state index in [9.17, 15) is 9.59 Å². The Kier molecular flexibility index (Phi) is 13.5. The van der Waals surface area contributed by atoms with Gasteiger partial charge in [-0.3, -0.25) is 9.63 Å². The van der Waals surface area contributed by atoms with E-state index in [1.165, 1.54) is 18.2 Å². The summed E-state index contributed by atoms with van der Waals surface area (Å²) in [4.78, 5) is 40.7. The summed E-state index contributed by atoms with van der Waals surface area (Å²) < 4.78 is 1.16. The Morgan fingerprint density at radius 3 is 1.72 bits per heavy atom. The van der Waals surface area contributed by atoms with Crippen LogP contribution in [-0.2, 0) is 9.68 Å². The second kappa shape index (κ2) is 15.4. The third-order valence-electron chi connectivity index (χ3n) is 4.59. The standard InChI is InChI=1S/C12H11BrN2O2.C10H6BrNO2.C2H7NO.ClH/c1-15(17-2)12(16)9-7-11(13)14-10-6-4-3-5-8(9)10;11-9-5-7(10(13)14)6-3-1-2-4-8(6)12-9;1-3-4-2;/h3-7H,1-2H3;1-5H,(H,13,14);3H,1-2H3;1H. The highest BCUT2D eigenvalue weighted by molar-refractivity contribution is 9.10. The molecule has 0 saturated carbocycles. The van der Waals surface area contributed by atoms with Gasteiger partial charge in [0.25, 0.3) is 5.91 Å². The molecule has 0 aliphatic heterocycles. The van der Waals surface area contributed by atoms with Crippen LogP contribution in [0.5, 0.6) is 0 Å². The van der Waals surface area contributed by atoms with E-state index in [0.29, 0.717) is 25.7 Å². The molecular weight excluding hydrogens is 620 g/mol. The molecule has 2 N–H and O–H groups in total. The largest absolute Gasteiger partial charge is 0.478 e. The number of aromatic carboxylic acids is 1. The summed E-state index contributed by atoms with van der Waals surface area (Å²) in [5.74, 6) is -1.14. The number of rotatable bonds is 4. The third kappa shape index (κ3) is 8.47. The Morgan fingerprint density at radius 1 is 0.889 bits per heavy atom. The lowest BCUT2D eigenvalue weighted by molar-refractivity contribution is -0.0755. The Balaban J connectivity index is 0.000000310. The van der Waals surface area contributed by atoms with E-state index in [2.05, 4.69) is 52.1 Å². The number of nitrogens with one attached hydrogen (secondary N) is 1. The topological polar surface area (TPSA) is 114 Å². The van der Waals surface area contributed by atoms with Crippen molar-refractivity contribution in [3.63, 3.8) is 0 Å². The van der Waals surface area contributed by atoms with Gasteiger partial charge in [0.2, 0.25) is 0 Å². The molecule has 4 rings (SSSR count).